The number of rotatable bonds is 12. The standard InChI is InChI=1S/C48H35IN2O4/c49-38-27-29-39(30-28-38)50-48(55-42-24-14-5-15-25-42)46(34-54-41-22-12-4-13-23-41)51-47(52)45(33-53-40-20-10-3-11-21-40)37-26-31-43(35-16-6-1-7-17-35)44(32-37)36-18-8-2-9-19-36/h1-34H,(H,51,52). The Morgan fingerprint density at radius 1 is 0.527 bits per heavy atom. The second-order valence-electron chi connectivity index (χ2n) is 12.2. The van der Waals surface area contributed by atoms with Crippen molar-refractivity contribution in [2.75, 3.05) is 0 Å². The lowest BCUT2D eigenvalue weighted by Gasteiger charge is -2.17. The average molecular weight is 831 g/mol. The first-order valence-corrected chi connectivity index (χ1v) is 18.6. The number of nitrogens with zero attached hydrogens (tertiary/aromatic N) is 1. The molecular formula is C48H35IN2O4. The number of para-hydroxylation sites is 3. The zero-order valence-electron chi connectivity index (χ0n) is 29.6. The Bertz CT molecular complexity index is 2420. The molecule has 0 fully saturated rings. The summed E-state index contributed by atoms with van der Waals surface area (Å²) in [5, 5.41) is 3.07. The molecule has 6 nitrogen and oxygen atoms in total. The number of hydrogen-bond acceptors (Lipinski definition) is 5. The number of benzene rings is 7. The molecule has 0 aliphatic rings. The molecule has 0 aromatic heterocycles. The molecule has 7 rings (SSSR count). The van der Waals surface area contributed by atoms with Crippen molar-refractivity contribution >= 4 is 45.7 Å². The van der Waals surface area contributed by atoms with Crippen LogP contribution < -0.4 is 19.5 Å². The zero-order chi connectivity index (χ0) is 37.7. The Morgan fingerprint density at radius 3 is 1.58 bits per heavy atom. The molecule has 1 N–H and O–H groups in total. The molecule has 0 saturated carbocycles. The summed E-state index contributed by atoms with van der Waals surface area (Å²) in [5.74, 6) is 1.31. The topological polar surface area (TPSA) is 69.2 Å². The van der Waals surface area contributed by atoms with E-state index in [4.69, 9.17) is 19.2 Å². The molecule has 0 saturated heterocycles. The van der Waals surface area contributed by atoms with Crippen molar-refractivity contribution in [2.24, 2.45) is 4.99 Å². The summed E-state index contributed by atoms with van der Waals surface area (Å²) in [5.41, 5.74) is 5.76. The monoisotopic (exact) mass is 830 g/mol. The van der Waals surface area contributed by atoms with E-state index in [1.54, 1.807) is 0 Å². The van der Waals surface area contributed by atoms with Gasteiger partial charge < -0.3 is 19.5 Å². The normalized spacial score (nSPS) is 11.8. The van der Waals surface area contributed by atoms with E-state index in [2.05, 4.69) is 52.2 Å². The summed E-state index contributed by atoms with van der Waals surface area (Å²) in [6.45, 7) is 0. The van der Waals surface area contributed by atoms with Gasteiger partial charge in [-0.25, -0.2) is 4.99 Å². The average Bonchev–Trinajstić information content (AvgIpc) is 3.24. The predicted octanol–water partition coefficient (Wildman–Crippen LogP) is 11.9. The van der Waals surface area contributed by atoms with Gasteiger partial charge in [0, 0.05) is 3.57 Å². The minimum Gasteiger partial charge on any atom is -0.464 e. The van der Waals surface area contributed by atoms with Crippen LogP contribution in [0.25, 0.3) is 27.8 Å². The molecule has 1 amide bonds. The maximum Gasteiger partial charge on any atom is 0.259 e. The lowest BCUT2D eigenvalue weighted by molar-refractivity contribution is -0.115. The van der Waals surface area contributed by atoms with Crippen LogP contribution in [0, 0.1) is 3.57 Å². The third kappa shape index (κ3) is 10.0. The molecule has 0 aliphatic heterocycles. The van der Waals surface area contributed by atoms with Crippen LogP contribution >= 0.6 is 22.6 Å². The molecule has 0 atom stereocenters. The molecule has 0 radical (unpaired) electrons. The van der Waals surface area contributed by atoms with E-state index in [0.717, 1.165) is 25.8 Å². The quantitative estimate of drug-likeness (QED) is 0.0438. The van der Waals surface area contributed by atoms with Crippen LogP contribution in [0.2, 0.25) is 0 Å². The van der Waals surface area contributed by atoms with Crippen molar-refractivity contribution in [3.63, 3.8) is 0 Å². The highest BCUT2D eigenvalue weighted by molar-refractivity contribution is 14.1. The number of carbonyl (C=O) groups is 1. The fourth-order valence-electron chi connectivity index (χ4n) is 5.64. The third-order valence-corrected chi connectivity index (χ3v) is 9.07. The summed E-state index contributed by atoms with van der Waals surface area (Å²) >= 11 is 2.25. The molecule has 7 aromatic carbocycles. The van der Waals surface area contributed by atoms with Crippen molar-refractivity contribution in [2.45, 2.75) is 0 Å². The number of nitrogens with one attached hydrogen (secondary N) is 1. The van der Waals surface area contributed by atoms with Gasteiger partial charge in [-0.2, -0.15) is 0 Å². The fourth-order valence-corrected chi connectivity index (χ4v) is 6.00. The van der Waals surface area contributed by atoms with Crippen LogP contribution in [0.4, 0.5) is 5.69 Å². The molecule has 55 heavy (non-hydrogen) atoms. The molecule has 7 heteroatoms. The van der Waals surface area contributed by atoms with E-state index in [1.165, 1.54) is 12.5 Å². The fraction of sp³-hybridized carbons (Fsp3) is 0. The van der Waals surface area contributed by atoms with Crippen molar-refractivity contribution in [3.05, 3.63) is 221 Å². The van der Waals surface area contributed by atoms with E-state index in [0.29, 0.717) is 28.5 Å². The van der Waals surface area contributed by atoms with E-state index < -0.39 is 5.91 Å². The van der Waals surface area contributed by atoms with E-state index in [1.807, 2.05) is 170 Å². The van der Waals surface area contributed by atoms with Crippen LogP contribution in [0.3, 0.4) is 0 Å². The zero-order valence-corrected chi connectivity index (χ0v) is 31.7. The van der Waals surface area contributed by atoms with Gasteiger partial charge in [-0.1, -0.05) is 127 Å². The van der Waals surface area contributed by atoms with Gasteiger partial charge in [0.05, 0.1) is 11.3 Å². The number of aliphatic imine (C=N–C) groups is 1. The van der Waals surface area contributed by atoms with Gasteiger partial charge in [0.25, 0.3) is 5.91 Å². The summed E-state index contributed by atoms with van der Waals surface area (Å²) in [4.78, 5) is 19.6. The lowest BCUT2D eigenvalue weighted by Crippen LogP contribution is -2.31. The number of amides is 1. The van der Waals surface area contributed by atoms with Gasteiger partial charge in [0.15, 0.2) is 0 Å². The molecule has 0 heterocycles. The van der Waals surface area contributed by atoms with Crippen molar-refractivity contribution < 1.29 is 19.0 Å². The minimum atomic E-state index is -0.475. The Hall–Kier alpha value is -6.71. The van der Waals surface area contributed by atoms with Gasteiger partial charge in [-0.3, -0.25) is 4.79 Å². The highest BCUT2D eigenvalue weighted by atomic mass is 127. The minimum absolute atomic E-state index is 0.115. The van der Waals surface area contributed by atoms with Gasteiger partial charge in [-0.05, 0) is 117 Å². The lowest BCUT2D eigenvalue weighted by atomic mass is 9.91. The second kappa shape index (κ2) is 18.4. The summed E-state index contributed by atoms with van der Waals surface area (Å²) in [6.07, 6.45) is 2.91. The maximum absolute atomic E-state index is 14.8. The van der Waals surface area contributed by atoms with Crippen LogP contribution in [0.15, 0.2) is 217 Å². The first-order valence-electron chi connectivity index (χ1n) is 17.6. The van der Waals surface area contributed by atoms with Crippen molar-refractivity contribution in [1.29, 1.82) is 0 Å². The highest BCUT2D eigenvalue weighted by Crippen LogP contribution is 2.35. The van der Waals surface area contributed by atoms with Crippen LogP contribution in [-0.2, 0) is 4.79 Å². The number of halogens is 1. The number of carbonyl (C=O) groups excluding carboxylic acids is 1. The Balaban J connectivity index is 1.34. The molecule has 268 valence electrons. The van der Waals surface area contributed by atoms with Gasteiger partial charge in [-0.15, -0.1) is 0 Å². The van der Waals surface area contributed by atoms with Gasteiger partial charge >= 0.3 is 0 Å². The largest absolute Gasteiger partial charge is 0.464 e. The first kappa shape index (κ1) is 36.6. The van der Waals surface area contributed by atoms with E-state index in [9.17, 15) is 4.79 Å². The summed E-state index contributed by atoms with van der Waals surface area (Å²) in [7, 11) is 0. The molecular weight excluding hydrogens is 795 g/mol. The number of ether oxygens (including phenoxy) is 3. The van der Waals surface area contributed by atoms with Gasteiger partial charge in [0.1, 0.15) is 35.5 Å². The van der Waals surface area contributed by atoms with Crippen LogP contribution in [0.5, 0.6) is 17.2 Å². The van der Waals surface area contributed by atoms with E-state index >= 15 is 0 Å². The highest BCUT2D eigenvalue weighted by Gasteiger charge is 2.22. The molecule has 0 spiro atoms. The Labute approximate surface area is 334 Å². The smallest absolute Gasteiger partial charge is 0.259 e. The Kier molecular flexibility index (Phi) is 12.2. The SMILES string of the molecule is O=C(NC(=COc1ccccc1)C(=Nc1ccc(I)cc1)Oc1ccccc1)C(=COc1ccccc1)c1ccc(-c2ccccc2)c(-c2ccccc2)c1. The molecule has 0 unspecified atom stereocenters. The Morgan fingerprint density at radius 2 is 1.02 bits per heavy atom. The van der Waals surface area contributed by atoms with Crippen molar-refractivity contribution in [3.8, 4) is 39.5 Å². The maximum atomic E-state index is 14.8. The van der Waals surface area contributed by atoms with Crippen LogP contribution in [-0.4, -0.2) is 11.8 Å². The summed E-state index contributed by atoms with van der Waals surface area (Å²) < 4.78 is 19.7. The molecule has 0 aliphatic carbocycles. The van der Waals surface area contributed by atoms with E-state index in [-0.39, 0.29) is 17.2 Å². The molecule has 7 aromatic rings. The van der Waals surface area contributed by atoms with Crippen LogP contribution in [0.1, 0.15) is 5.56 Å². The van der Waals surface area contributed by atoms with Gasteiger partial charge in [0.2, 0.25) is 5.90 Å². The van der Waals surface area contributed by atoms with Crippen molar-refractivity contribution in [1.82, 2.24) is 5.32 Å². The summed E-state index contributed by atoms with van der Waals surface area (Å²) in [6, 6.07) is 61.8. The molecule has 0 bridgehead atoms. The third-order valence-electron chi connectivity index (χ3n) is 8.35. The first-order chi connectivity index (χ1) is 27.1. The second-order valence-corrected chi connectivity index (χ2v) is 13.4. The predicted molar refractivity (Wildman–Crippen MR) is 229 cm³/mol. The number of hydrogen-bond donors (Lipinski definition) is 1.